The first-order chi connectivity index (χ1) is 14.2. The van der Waals surface area contributed by atoms with E-state index in [1.165, 1.54) is 18.4 Å². The molecule has 29 heavy (non-hydrogen) atoms. The Labute approximate surface area is 171 Å². The molecular formula is C24H25N5. The van der Waals surface area contributed by atoms with Crippen LogP contribution in [-0.2, 0) is 0 Å². The fourth-order valence-electron chi connectivity index (χ4n) is 3.67. The molecule has 5 nitrogen and oxygen atoms in total. The molecule has 1 aliphatic rings. The van der Waals surface area contributed by atoms with Crippen LogP contribution in [0.2, 0.25) is 0 Å². The molecule has 1 atom stereocenters. The zero-order valence-corrected chi connectivity index (χ0v) is 16.7. The molecule has 0 spiro atoms. The van der Waals surface area contributed by atoms with Gasteiger partial charge in [-0.05, 0) is 56.5 Å². The Bertz CT molecular complexity index is 997. The number of rotatable bonds is 5. The second-order valence-electron chi connectivity index (χ2n) is 7.60. The summed E-state index contributed by atoms with van der Waals surface area (Å²) in [5, 5.41) is 16.0. The van der Waals surface area contributed by atoms with Crippen molar-refractivity contribution in [3.8, 4) is 28.5 Å². The first-order valence-electron chi connectivity index (χ1n) is 10.1. The highest BCUT2D eigenvalue weighted by atomic mass is 15.1. The van der Waals surface area contributed by atoms with Crippen molar-refractivity contribution < 1.29 is 0 Å². The van der Waals surface area contributed by atoms with Gasteiger partial charge in [0.15, 0.2) is 0 Å². The molecule has 0 aliphatic carbocycles. The molecule has 1 saturated heterocycles. The molecule has 1 aromatic heterocycles. The van der Waals surface area contributed by atoms with E-state index in [4.69, 9.17) is 10.2 Å². The predicted molar refractivity (Wildman–Crippen MR) is 116 cm³/mol. The van der Waals surface area contributed by atoms with E-state index in [1.807, 2.05) is 30.5 Å². The Hall–Kier alpha value is -3.23. The molecule has 2 aromatic carbocycles. The molecule has 0 amide bonds. The third-order valence-electron chi connectivity index (χ3n) is 5.39. The predicted octanol–water partition coefficient (Wildman–Crippen LogP) is 4.40. The van der Waals surface area contributed by atoms with Crippen LogP contribution in [0.4, 0.5) is 5.95 Å². The zero-order valence-electron chi connectivity index (χ0n) is 16.7. The van der Waals surface area contributed by atoms with Gasteiger partial charge in [-0.25, -0.2) is 9.97 Å². The Balaban J connectivity index is 1.66. The van der Waals surface area contributed by atoms with Crippen molar-refractivity contribution in [1.82, 2.24) is 15.3 Å². The first-order valence-corrected chi connectivity index (χ1v) is 10.1. The number of piperidine rings is 1. The Morgan fingerprint density at radius 1 is 1.10 bits per heavy atom. The molecule has 0 bridgehead atoms. The summed E-state index contributed by atoms with van der Waals surface area (Å²) in [5.41, 5.74) is 5.77. The zero-order chi connectivity index (χ0) is 20.1. The average molecular weight is 383 g/mol. The number of nitriles is 1. The number of aryl methyl sites for hydroxylation is 1. The quantitative estimate of drug-likeness (QED) is 0.683. The van der Waals surface area contributed by atoms with Crippen LogP contribution in [0, 0.1) is 24.2 Å². The van der Waals surface area contributed by atoms with E-state index in [0.717, 1.165) is 42.0 Å². The molecule has 5 heteroatoms. The van der Waals surface area contributed by atoms with Crippen molar-refractivity contribution in [3.63, 3.8) is 0 Å². The number of nitrogens with one attached hydrogen (secondary N) is 2. The minimum Gasteiger partial charge on any atom is -0.354 e. The lowest BCUT2D eigenvalue weighted by Crippen LogP contribution is -2.33. The van der Waals surface area contributed by atoms with Crippen LogP contribution in [-0.4, -0.2) is 29.6 Å². The van der Waals surface area contributed by atoms with Crippen LogP contribution < -0.4 is 10.6 Å². The van der Waals surface area contributed by atoms with Crippen LogP contribution in [0.15, 0.2) is 54.7 Å². The van der Waals surface area contributed by atoms with Crippen molar-refractivity contribution in [2.75, 3.05) is 25.0 Å². The molecule has 2 heterocycles. The molecular weight excluding hydrogens is 358 g/mol. The summed E-state index contributed by atoms with van der Waals surface area (Å²) in [4.78, 5) is 9.44. The number of benzene rings is 2. The van der Waals surface area contributed by atoms with Gasteiger partial charge in [-0.1, -0.05) is 42.0 Å². The number of aromatic nitrogens is 2. The standard InChI is InChI=1S/C24H25N5/c1-17-4-8-20(9-5-17)22-16-28-24(27-15-19-3-2-12-26-14-19)29-23(22)21-10-6-18(13-25)7-11-21/h4-11,16,19,26H,2-3,12,14-15H2,1H3,(H,27,28,29). The lowest BCUT2D eigenvalue weighted by Gasteiger charge is -2.23. The SMILES string of the molecule is Cc1ccc(-c2cnc(NCC3CCCNC3)nc2-c2ccc(C#N)cc2)cc1. The van der Waals surface area contributed by atoms with E-state index in [1.54, 1.807) is 0 Å². The van der Waals surface area contributed by atoms with Gasteiger partial charge in [0.2, 0.25) is 5.95 Å². The van der Waals surface area contributed by atoms with E-state index in [-0.39, 0.29) is 0 Å². The summed E-state index contributed by atoms with van der Waals surface area (Å²) >= 11 is 0. The third kappa shape index (κ3) is 4.61. The van der Waals surface area contributed by atoms with E-state index < -0.39 is 0 Å². The minimum absolute atomic E-state index is 0.600. The van der Waals surface area contributed by atoms with E-state index in [2.05, 4.69) is 52.9 Å². The lowest BCUT2D eigenvalue weighted by atomic mass is 9.99. The van der Waals surface area contributed by atoms with Gasteiger partial charge in [0.05, 0.1) is 17.3 Å². The first kappa shape index (κ1) is 19.1. The molecule has 3 aromatic rings. The smallest absolute Gasteiger partial charge is 0.223 e. The number of hydrogen-bond acceptors (Lipinski definition) is 5. The summed E-state index contributed by atoms with van der Waals surface area (Å²) in [6.45, 7) is 5.09. The maximum absolute atomic E-state index is 9.10. The van der Waals surface area contributed by atoms with Crippen LogP contribution in [0.1, 0.15) is 24.0 Å². The van der Waals surface area contributed by atoms with Crippen molar-refractivity contribution >= 4 is 5.95 Å². The van der Waals surface area contributed by atoms with Gasteiger partial charge in [-0.3, -0.25) is 0 Å². The van der Waals surface area contributed by atoms with Gasteiger partial charge in [0.25, 0.3) is 0 Å². The van der Waals surface area contributed by atoms with Gasteiger partial charge in [0, 0.05) is 23.9 Å². The van der Waals surface area contributed by atoms with Crippen LogP contribution >= 0.6 is 0 Å². The van der Waals surface area contributed by atoms with Gasteiger partial charge < -0.3 is 10.6 Å². The Kier molecular flexibility index (Phi) is 5.83. The maximum Gasteiger partial charge on any atom is 0.223 e. The van der Waals surface area contributed by atoms with Gasteiger partial charge >= 0.3 is 0 Å². The van der Waals surface area contributed by atoms with Crippen LogP contribution in [0.3, 0.4) is 0 Å². The molecule has 2 N–H and O–H groups in total. The molecule has 1 aliphatic heterocycles. The van der Waals surface area contributed by atoms with Gasteiger partial charge in [-0.15, -0.1) is 0 Å². The van der Waals surface area contributed by atoms with Gasteiger partial charge in [0.1, 0.15) is 0 Å². The van der Waals surface area contributed by atoms with E-state index in [0.29, 0.717) is 17.4 Å². The topological polar surface area (TPSA) is 73.6 Å². The monoisotopic (exact) mass is 383 g/mol. The molecule has 146 valence electrons. The third-order valence-corrected chi connectivity index (χ3v) is 5.39. The lowest BCUT2D eigenvalue weighted by molar-refractivity contribution is 0.392. The highest BCUT2D eigenvalue weighted by Gasteiger charge is 2.15. The number of anilines is 1. The summed E-state index contributed by atoms with van der Waals surface area (Å²) in [6, 6.07) is 18.1. The highest BCUT2D eigenvalue weighted by molar-refractivity contribution is 5.81. The molecule has 0 radical (unpaired) electrons. The van der Waals surface area contributed by atoms with Crippen molar-refractivity contribution in [2.24, 2.45) is 5.92 Å². The van der Waals surface area contributed by atoms with Crippen molar-refractivity contribution in [1.29, 1.82) is 5.26 Å². The summed E-state index contributed by atoms with van der Waals surface area (Å²) < 4.78 is 0. The second kappa shape index (κ2) is 8.85. The Morgan fingerprint density at radius 2 is 1.86 bits per heavy atom. The fraction of sp³-hybridized carbons (Fsp3) is 0.292. The van der Waals surface area contributed by atoms with E-state index in [9.17, 15) is 0 Å². The summed E-state index contributed by atoms with van der Waals surface area (Å²) in [6.07, 6.45) is 4.34. The molecule has 1 fully saturated rings. The van der Waals surface area contributed by atoms with Gasteiger partial charge in [-0.2, -0.15) is 5.26 Å². The molecule has 1 unspecified atom stereocenters. The minimum atomic E-state index is 0.600. The Morgan fingerprint density at radius 3 is 2.55 bits per heavy atom. The molecule has 0 saturated carbocycles. The van der Waals surface area contributed by atoms with Crippen molar-refractivity contribution in [3.05, 3.63) is 65.9 Å². The average Bonchev–Trinajstić information content (AvgIpc) is 2.79. The summed E-state index contributed by atoms with van der Waals surface area (Å²) in [5.74, 6) is 1.24. The second-order valence-corrected chi connectivity index (χ2v) is 7.60. The normalized spacial score (nSPS) is 16.2. The maximum atomic E-state index is 9.10. The number of nitrogens with zero attached hydrogens (tertiary/aromatic N) is 3. The fourth-order valence-corrected chi connectivity index (χ4v) is 3.67. The van der Waals surface area contributed by atoms with E-state index >= 15 is 0 Å². The largest absolute Gasteiger partial charge is 0.354 e. The van der Waals surface area contributed by atoms with Crippen molar-refractivity contribution in [2.45, 2.75) is 19.8 Å². The summed E-state index contributed by atoms with van der Waals surface area (Å²) in [7, 11) is 0. The number of hydrogen-bond donors (Lipinski definition) is 2. The van der Waals surface area contributed by atoms with Crippen LogP contribution in [0.5, 0.6) is 0 Å². The highest BCUT2D eigenvalue weighted by Crippen LogP contribution is 2.31. The molecule has 4 rings (SSSR count). The van der Waals surface area contributed by atoms with Crippen LogP contribution in [0.25, 0.3) is 22.4 Å².